The van der Waals surface area contributed by atoms with Crippen LogP contribution in [0.5, 0.6) is 0 Å². The van der Waals surface area contributed by atoms with Gasteiger partial charge in [-0.15, -0.1) is 12.4 Å². The Bertz CT molecular complexity index is 321. The predicted octanol–water partition coefficient (Wildman–Crippen LogP) is 0.442. The van der Waals surface area contributed by atoms with Gasteiger partial charge in [0.1, 0.15) is 0 Å². The fourth-order valence-electron chi connectivity index (χ4n) is 1.43. The van der Waals surface area contributed by atoms with Crippen molar-refractivity contribution >= 4 is 12.4 Å². The molecule has 2 rings (SSSR count). The van der Waals surface area contributed by atoms with E-state index < -0.39 is 0 Å². The van der Waals surface area contributed by atoms with Gasteiger partial charge in [-0.05, 0) is 24.6 Å². The Labute approximate surface area is 76.6 Å². The molecule has 0 spiro atoms. The monoisotopic (exact) mass is 186 g/mol. The van der Waals surface area contributed by atoms with Crippen molar-refractivity contribution in [3.8, 4) is 0 Å². The van der Waals surface area contributed by atoms with Crippen molar-refractivity contribution in [3.63, 3.8) is 0 Å². The van der Waals surface area contributed by atoms with Crippen LogP contribution in [0.25, 0.3) is 0 Å². The normalized spacial score (nSPS) is 14.7. The predicted molar refractivity (Wildman–Crippen MR) is 49.7 cm³/mol. The molecule has 1 aliphatic heterocycles. The molecule has 0 amide bonds. The van der Waals surface area contributed by atoms with Gasteiger partial charge >= 0.3 is 0 Å². The SMILES string of the molecule is Cl.O=c1[nH]ccc2c1CCNC2. The molecule has 0 radical (unpaired) electrons. The number of halogens is 1. The third-order valence-corrected chi connectivity index (χ3v) is 2.03. The number of rotatable bonds is 0. The second-order valence-corrected chi connectivity index (χ2v) is 2.74. The highest BCUT2D eigenvalue weighted by Crippen LogP contribution is 2.06. The zero-order chi connectivity index (χ0) is 7.68. The standard InChI is InChI=1S/C8H10N2O.ClH/c11-8-7-2-3-9-5-6(7)1-4-10-8;/h1,4,9H,2-3,5H2,(H,10,11);1H. The molecule has 0 aromatic carbocycles. The van der Waals surface area contributed by atoms with Crippen molar-refractivity contribution in [1.82, 2.24) is 10.3 Å². The number of H-pyrrole nitrogens is 1. The second-order valence-electron chi connectivity index (χ2n) is 2.74. The van der Waals surface area contributed by atoms with Gasteiger partial charge in [-0.1, -0.05) is 0 Å². The maximum Gasteiger partial charge on any atom is 0.251 e. The molecule has 12 heavy (non-hydrogen) atoms. The molecule has 1 aromatic heterocycles. The number of hydrogen-bond donors (Lipinski definition) is 2. The van der Waals surface area contributed by atoms with Gasteiger partial charge < -0.3 is 10.3 Å². The molecule has 0 saturated heterocycles. The van der Waals surface area contributed by atoms with Crippen LogP contribution in [-0.4, -0.2) is 11.5 Å². The van der Waals surface area contributed by atoms with Crippen molar-refractivity contribution in [1.29, 1.82) is 0 Å². The van der Waals surface area contributed by atoms with E-state index in [0.29, 0.717) is 0 Å². The van der Waals surface area contributed by atoms with E-state index in [4.69, 9.17) is 0 Å². The van der Waals surface area contributed by atoms with Crippen molar-refractivity contribution in [3.05, 3.63) is 33.7 Å². The Morgan fingerprint density at radius 2 is 2.25 bits per heavy atom. The number of aromatic nitrogens is 1. The molecule has 1 aromatic rings. The van der Waals surface area contributed by atoms with E-state index in [1.807, 2.05) is 6.07 Å². The van der Waals surface area contributed by atoms with Crippen LogP contribution in [0.3, 0.4) is 0 Å². The summed E-state index contributed by atoms with van der Waals surface area (Å²) in [6, 6.07) is 1.96. The summed E-state index contributed by atoms with van der Waals surface area (Å²) in [5.41, 5.74) is 2.16. The second kappa shape index (κ2) is 3.74. The van der Waals surface area contributed by atoms with Crippen molar-refractivity contribution < 1.29 is 0 Å². The van der Waals surface area contributed by atoms with Gasteiger partial charge in [0.15, 0.2) is 0 Å². The van der Waals surface area contributed by atoms with Crippen LogP contribution in [-0.2, 0) is 13.0 Å². The first-order valence-corrected chi connectivity index (χ1v) is 3.78. The minimum absolute atomic E-state index is 0. The molecule has 0 unspecified atom stereocenters. The van der Waals surface area contributed by atoms with Crippen molar-refractivity contribution in [2.75, 3.05) is 6.54 Å². The van der Waals surface area contributed by atoms with Gasteiger partial charge in [0.05, 0.1) is 0 Å². The average Bonchev–Trinajstić information content (AvgIpc) is 2.06. The van der Waals surface area contributed by atoms with Gasteiger partial charge in [-0.2, -0.15) is 0 Å². The molecule has 2 N–H and O–H groups in total. The lowest BCUT2D eigenvalue weighted by molar-refractivity contribution is 0.637. The molecular weight excluding hydrogens is 176 g/mol. The fourth-order valence-corrected chi connectivity index (χ4v) is 1.43. The van der Waals surface area contributed by atoms with Crippen LogP contribution in [0.15, 0.2) is 17.1 Å². The zero-order valence-electron chi connectivity index (χ0n) is 6.59. The minimum Gasteiger partial charge on any atom is -0.329 e. The highest BCUT2D eigenvalue weighted by molar-refractivity contribution is 5.85. The Morgan fingerprint density at radius 3 is 3.00 bits per heavy atom. The van der Waals surface area contributed by atoms with Crippen molar-refractivity contribution in [2.24, 2.45) is 0 Å². The maximum atomic E-state index is 11.2. The quantitative estimate of drug-likeness (QED) is 0.618. The smallest absolute Gasteiger partial charge is 0.251 e. The summed E-state index contributed by atoms with van der Waals surface area (Å²) in [4.78, 5) is 13.9. The Balaban J connectivity index is 0.000000720. The number of fused-ring (bicyclic) bond motifs is 1. The summed E-state index contributed by atoms with van der Waals surface area (Å²) in [5, 5.41) is 3.22. The fraction of sp³-hybridized carbons (Fsp3) is 0.375. The lowest BCUT2D eigenvalue weighted by Gasteiger charge is -2.14. The van der Waals surface area contributed by atoms with Crippen molar-refractivity contribution in [2.45, 2.75) is 13.0 Å². The van der Waals surface area contributed by atoms with E-state index in [2.05, 4.69) is 10.3 Å². The molecule has 2 heterocycles. The van der Waals surface area contributed by atoms with E-state index >= 15 is 0 Å². The molecule has 3 nitrogen and oxygen atoms in total. The van der Waals surface area contributed by atoms with Crippen LogP contribution < -0.4 is 10.9 Å². The molecule has 0 bridgehead atoms. The summed E-state index contributed by atoms with van der Waals surface area (Å²) >= 11 is 0. The third kappa shape index (κ3) is 1.52. The van der Waals surface area contributed by atoms with Crippen LogP contribution >= 0.6 is 12.4 Å². The first kappa shape index (κ1) is 9.29. The van der Waals surface area contributed by atoms with Crippen LogP contribution in [0.1, 0.15) is 11.1 Å². The third-order valence-electron chi connectivity index (χ3n) is 2.03. The van der Waals surface area contributed by atoms with Gasteiger partial charge in [-0.25, -0.2) is 0 Å². The van der Waals surface area contributed by atoms with E-state index in [-0.39, 0.29) is 18.0 Å². The first-order chi connectivity index (χ1) is 5.38. The summed E-state index contributed by atoms with van der Waals surface area (Å²) < 4.78 is 0. The largest absolute Gasteiger partial charge is 0.329 e. The number of aromatic amines is 1. The Morgan fingerprint density at radius 1 is 1.42 bits per heavy atom. The molecule has 66 valence electrons. The molecule has 0 saturated carbocycles. The van der Waals surface area contributed by atoms with Crippen LogP contribution in [0, 0.1) is 0 Å². The topological polar surface area (TPSA) is 44.9 Å². The number of nitrogens with one attached hydrogen (secondary N) is 2. The first-order valence-electron chi connectivity index (χ1n) is 3.78. The van der Waals surface area contributed by atoms with Gasteiger partial charge in [0.2, 0.25) is 0 Å². The van der Waals surface area contributed by atoms with Crippen LogP contribution in [0.4, 0.5) is 0 Å². The molecule has 0 atom stereocenters. The lowest BCUT2D eigenvalue weighted by atomic mass is 10.0. The maximum absolute atomic E-state index is 11.2. The van der Waals surface area contributed by atoms with E-state index in [9.17, 15) is 4.79 Å². The van der Waals surface area contributed by atoms with Crippen LogP contribution in [0.2, 0.25) is 0 Å². The highest BCUT2D eigenvalue weighted by atomic mass is 35.5. The van der Waals surface area contributed by atoms with E-state index in [1.54, 1.807) is 6.20 Å². The molecule has 0 aliphatic carbocycles. The van der Waals surface area contributed by atoms with E-state index in [0.717, 1.165) is 30.6 Å². The molecular formula is C8H11ClN2O. The lowest BCUT2D eigenvalue weighted by Crippen LogP contribution is -2.29. The molecule has 1 aliphatic rings. The number of hydrogen-bond acceptors (Lipinski definition) is 2. The summed E-state index contributed by atoms with van der Waals surface area (Å²) in [5.74, 6) is 0. The summed E-state index contributed by atoms with van der Waals surface area (Å²) in [6.45, 7) is 1.75. The zero-order valence-corrected chi connectivity index (χ0v) is 7.41. The number of pyridine rings is 1. The van der Waals surface area contributed by atoms with E-state index in [1.165, 1.54) is 0 Å². The average molecular weight is 187 g/mol. The minimum atomic E-state index is 0. The summed E-state index contributed by atoms with van der Waals surface area (Å²) in [6.07, 6.45) is 2.56. The van der Waals surface area contributed by atoms with Gasteiger partial charge in [-0.3, -0.25) is 4.79 Å². The Hall–Kier alpha value is -0.800. The highest BCUT2D eigenvalue weighted by Gasteiger charge is 2.10. The van der Waals surface area contributed by atoms with Gasteiger partial charge in [0, 0.05) is 18.3 Å². The molecule has 4 heteroatoms. The van der Waals surface area contributed by atoms with Gasteiger partial charge in [0.25, 0.3) is 5.56 Å². The summed E-state index contributed by atoms with van der Waals surface area (Å²) in [7, 11) is 0. The Kier molecular flexibility index (Phi) is 2.89. The molecule has 0 fully saturated rings.